The van der Waals surface area contributed by atoms with E-state index in [1.54, 1.807) is 6.20 Å². The van der Waals surface area contributed by atoms with Crippen LogP contribution in [0.3, 0.4) is 0 Å². The minimum absolute atomic E-state index is 0.386. The van der Waals surface area contributed by atoms with Crippen LogP contribution in [0.5, 0.6) is 0 Å². The van der Waals surface area contributed by atoms with E-state index in [1.165, 1.54) is 17.2 Å². The normalized spacial score (nSPS) is 27.6. The smallest absolute Gasteiger partial charge is 0.167 e. The van der Waals surface area contributed by atoms with E-state index in [0.717, 1.165) is 0 Å². The highest BCUT2D eigenvalue weighted by molar-refractivity contribution is 5.83. The van der Waals surface area contributed by atoms with Crippen molar-refractivity contribution in [3.05, 3.63) is 24.9 Å². The molecule has 0 aliphatic carbocycles. The van der Waals surface area contributed by atoms with Crippen LogP contribution in [0, 0.1) is 5.92 Å². The zero-order valence-corrected chi connectivity index (χ0v) is 13.4. The van der Waals surface area contributed by atoms with E-state index in [2.05, 4.69) is 34.1 Å². The van der Waals surface area contributed by atoms with Gasteiger partial charge >= 0.3 is 0 Å². The van der Waals surface area contributed by atoms with Crippen LogP contribution in [0.1, 0.15) is 20.1 Å². The quantitative estimate of drug-likeness (QED) is 0.602. The van der Waals surface area contributed by atoms with E-state index in [9.17, 15) is 15.3 Å². The van der Waals surface area contributed by atoms with Gasteiger partial charge in [-0.2, -0.15) is 0 Å². The fourth-order valence-corrected chi connectivity index (χ4v) is 2.57. The summed E-state index contributed by atoms with van der Waals surface area (Å²) in [5, 5.41) is 32.3. The number of anilines is 1. The summed E-state index contributed by atoms with van der Waals surface area (Å²) in [5.41, 5.74) is 0.976. The number of fused-ring (bicyclic) bond motifs is 1. The van der Waals surface area contributed by atoms with E-state index in [4.69, 9.17) is 4.74 Å². The first-order valence-electron chi connectivity index (χ1n) is 7.76. The third-order valence-corrected chi connectivity index (χ3v) is 3.85. The van der Waals surface area contributed by atoms with Gasteiger partial charge in [-0.05, 0) is 12.1 Å². The molecule has 1 aliphatic rings. The Morgan fingerprint density at radius 3 is 2.75 bits per heavy atom. The maximum absolute atomic E-state index is 10.2. The molecule has 9 nitrogen and oxygen atoms in total. The summed E-state index contributed by atoms with van der Waals surface area (Å²) in [5.74, 6) is 0.925. The first kappa shape index (κ1) is 16.8. The molecule has 0 bridgehead atoms. The average molecular weight is 335 g/mol. The molecule has 4 atom stereocenters. The second-order valence-corrected chi connectivity index (χ2v) is 6.02. The maximum atomic E-state index is 10.2. The van der Waals surface area contributed by atoms with E-state index in [0.29, 0.717) is 22.9 Å². The molecule has 0 aromatic carbocycles. The molecule has 2 aromatic heterocycles. The lowest BCUT2D eigenvalue weighted by Crippen LogP contribution is -2.33. The molecular formula is C15H21N5O4. The molecule has 2 aromatic rings. The van der Waals surface area contributed by atoms with Crippen molar-refractivity contribution in [1.82, 2.24) is 19.5 Å². The van der Waals surface area contributed by atoms with Gasteiger partial charge in [0.15, 0.2) is 23.2 Å². The molecule has 0 amide bonds. The molecule has 130 valence electrons. The molecule has 0 unspecified atom stereocenters. The van der Waals surface area contributed by atoms with Crippen LogP contribution in [-0.4, -0.2) is 59.8 Å². The highest BCUT2D eigenvalue weighted by Crippen LogP contribution is 2.32. The number of imidazole rings is 1. The van der Waals surface area contributed by atoms with Gasteiger partial charge in [-0.25, -0.2) is 15.0 Å². The van der Waals surface area contributed by atoms with E-state index < -0.39 is 24.5 Å². The van der Waals surface area contributed by atoms with Crippen molar-refractivity contribution < 1.29 is 20.1 Å². The molecule has 0 saturated carbocycles. The zero-order chi connectivity index (χ0) is 17.3. The Morgan fingerprint density at radius 1 is 1.29 bits per heavy atom. The molecule has 1 aliphatic heterocycles. The van der Waals surface area contributed by atoms with Crippen molar-refractivity contribution in [3.8, 4) is 0 Å². The Labute approximate surface area is 138 Å². The van der Waals surface area contributed by atoms with Gasteiger partial charge in [0, 0.05) is 0 Å². The molecule has 3 heterocycles. The third kappa shape index (κ3) is 2.98. The highest BCUT2D eigenvalue weighted by atomic mass is 16.6. The Hall–Kier alpha value is -2.07. The van der Waals surface area contributed by atoms with Gasteiger partial charge in [0.2, 0.25) is 0 Å². The molecule has 0 spiro atoms. The summed E-state index contributed by atoms with van der Waals surface area (Å²) in [4.78, 5) is 12.6. The van der Waals surface area contributed by atoms with E-state index >= 15 is 0 Å². The van der Waals surface area contributed by atoms with Gasteiger partial charge in [0.05, 0.1) is 12.9 Å². The van der Waals surface area contributed by atoms with Gasteiger partial charge < -0.3 is 25.4 Å². The van der Waals surface area contributed by atoms with Crippen molar-refractivity contribution in [2.24, 2.45) is 5.92 Å². The minimum Gasteiger partial charge on any atom is -0.394 e. The van der Waals surface area contributed by atoms with Crippen LogP contribution >= 0.6 is 0 Å². The van der Waals surface area contributed by atoms with Crippen LogP contribution in [0.15, 0.2) is 24.9 Å². The summed E-state index contributed by atoms with van der Waals surface area (Å²) >= 11 is 0. The Morgan fingerprint density at radius 2 is 2.08 bits per heavy atom. The fraction of sp³-hybridized carbons (Fsp3) is 0.533. The Kier molecular flexibility index (Phi) is 4.76. The molecule has 1 fully saturated rings. The number of nitrogens with one attached hydrogen (secondary N) is 1. The van der Waals surface area contributed by atoms with Crippen molar-refractivity contribution >= 4 is 17.0 Å². The lowest BCUT2D eigenvalue weighted by Gasteiger charge is -2.16. The highest BCUT2D eigenvalue weighted by Gasteiger charge is 2.43. The third-order valence-electron chi connectivity index (χ3n) is 3.85. The van der Waals surface area contributed by atoms with Crippen molar-refractivity contribution in [2.75, 3.05) is 11.9 Å². The monoisotopic (exact) mass is 335 g/mol. The zero-order valence-electron chi connectivity index (χ0n) is 13.4. The van der Waals surface area contributed by atoms with Crippen LogP contribution in [0.25, 0.3) is 11.2 Å². The molecular weight excluding hydrogens is 314 g/mol. The number of hydrogen-bond acceptors (Lipinski definition) is 8. The lowest BCUT2D eigenvalue weighted by molar-refractivity contribution is -0.0511. The molecule has 1 saturated heterocycles. The fourth-order valence-electron chi connectivity index (χ4n) is 2.57. The molecule has 3 rings (SSSR count). The summed E-state index contributed by atoms with van der Waals surface area (Å²) in [6.45, 7) is 3.73. The van der Waals surface area contributed by atoms with Gasteiger partial charge in [-0.1, -0.05) is 19.9 Å². The Balaban J connectivity index is 1.91. The number of rotatable bonds is 5. The maximum Gasteiger partial charge on any atom is 0.167 e. The van der Waals surface area contributed by atoms with Gasteiger partial charge in [-0.15, -0.1) is 0 Å². The van der Waals surface area contributed by atoms with Gasteiger partial charge in [-0.3, -0.25) is 4.57 Å². The predicted octanol–water partition coefficient (Wildman–Crippen LogP) is 0.0194. The number of nitrogens with zero attached hydrogens (tertiary/aromatic N) is 4. The minimum atomic E-state index is -1.19. The largest absolute Gasteiger partial charge is 0.394 e. The van der Waals surface area contributed by atoms with Crippen LogP contribution in [0.2, 0.25) is 0 Å². The molecule has 24 heavy (non-hydrogen) atoms. The second-order valence-electron chi connectivity index (χ2n) is 6.02. The number of hydrogen-bond donors (Lipinski definition) is 4. The van der Waals surface area contributed by atoms with Crippen molar-refractivity contribution in [1.29, 1.82) is 0 Å². The van der Waals surface area contributed by atoms with Gasteiger partial charge in [0.1, 0.15) is 24.6 Å². The summed E-state index contributed by atoms with van der Waals surface area (Å²) < 4.78 is 7.04. The van der Waals surface area contributed by atoms with Crippen LogP contribution < -0.4 is 5.32 Å². The number of ether oxygens (including phenoxy) is 1. The molecule has 0 radical (unpaired) electrons. The molecule has 9 heteroatoms. The van der Waals surface area contributed by atoms with Crippen LogP contribution in [0.4, 0.5) is 5.82 Å². The number of aliphatic hydroxyl groups excluding tert-OH is 3. The second kappa shape index (κ2) is 6.81. The summed E-state index contributed by atoms with van der Waals surface area (Å²) in [6, 6.07) is 0. The van der Waals surface area contributed by atoms with Crippen molar-refractivity contribution in [2.45, 2.75) is 38.4 Å². The number of aromatic nitrogens is 4. The van der Waals surface area contributed by atoms with E-state index in [-0.39, 0.29) is 6.61 Å². The van der Waals surface area contributed by atoms with E-state index in [1.807, 2.05) is 6.08 Å². The van der Waals surface area contributed by atoms with Gasteiger partial charge in [0.25, 0.3) is 0 Å². The Bertz CT molecular complexity index is 732. The summed E-state index contributed by atoms with van der Waals surface area (Å²) in [6.07, 6.45) is 2.53. The van der Waals surface area contributed by atoms with Crippen molar-refractivity contribution in [3.63, 3.8) is 0 Å². The topological polar surface area (TPSA) is 126 Å². The van der Waals surface area contributed by atoms with Crippen LogP contribution in [-0.2, 0) is 4.74 Å². The summed E-state index contributed by atoms with van der Waals surface area (Å²) in [7, 11) is 0. The standard InChI is InChI=1S/C15H21N5O4/c1-8(2)3-4-16-13-10-14(18-6-17-13)20(7-19-10)15-12(23)11(22)9(5-21)24-15/h3-4,6-9,11-12,15,21-23H,5H2,1-2H3,(H,16,17,18)/b4-3+/t9-,11-,12-,15-/m1/s1. The average Bonchev–Trinajstić information content (AvgIpc) is 3.10. The first-order valence-corrected chi connectivity index (χ1v) is 7.76. The predicted molar refractivity (Wildman–Crippen MR) is 85.9 cm³/mol. The molecule has 4 N–H and O–H groups in total. The number of allylic oxidation sites excluding steroid dienone is 1. The lowest BCUT2D eigenvalue weighted by atomic mass is 10.1. The SMILES string of the molecule is CC(C)/C=C/Nc1ncnc2c1ncn2[C@@H]1O[C@H](CO)[C@@H](O)[C@H]1O. The number of aliphatic hydroxyl groups is 3. The first-order chi connectivity index (χ1) is 11.5.